The highest BCUT2D eigenvalue weighted by atomic mass is 32.2. The fourth-order valence-electron chi connectivity index (χ4n) is 2.59. The van der Waals surface area contributed by atoms with Crippen LogP contribution in [0, 0.1) is 13.8 Å². The second-order valence-electron chi connectivity index (χ2n) is 6.31. The number of rotatable bonds is 6. The minimum Gasteiger partial charge on any atom is -0.351 e. The highest BCUT2D eigenvalue weighted by Gasteiger charge is 2.29. The van der Waals surface area contributed by atoms with Crippen LogP contribution in [0.4, 0.5) is 13.2 Å². The molecule has 0 aliphatic heterocycles. The zero-order valence-electron chi connectivity index (χ0n) is 15.7. The Kier molecular flexibility index (Phi) is 6.21. The van der Waals surface area contributed by atoms with Crippen molar-refractivity contribution in [1.82, 2.24) is 25.1 Å². The Morgan fingerprint density at radius 2 is 1.86 bits per heavy atom. The Hall–Kier alpha value is -2.88. The van der Waals surface area contributed by atoms with Gasteiger partial charge >= 0.3 is 6.18 Å². The number of nitrogens with one attached hydrogen (secondary N) is 1. The second kappa shape index (κ2) is 8.64. The summed E-state index contributed by atoms with van der Waals surface area (Å²) in [6, 6.07) is 8.37. The van der Waals surface area contributed by atoms with E-state index in [1.807, 2.05) is 19.9 Å². The van der Waals surface area contributed by atoms with Gasteiger partial charge in [-0.1, -0.05) is 23.9 Å². The summed E-state index contributed by atoms with van der Waals surface area (Å²) in [5.41, 5.74) is 1.68. The average Bonchev–Trinajstić information content (AvgIpc) is 3.02. The zero-order chi connectivity index (χ0) is 21.0. The summed E-state index contributed by atoms with van der Waals surface area (Å²) in [6.45, 7) is 3.96. The summed E-state index contributed by atoms with van der Waals surface area (Å²) < 4.78 is 39.4. The summed E-state index contributed by atoms with van der Waals surface area (Å²) in [5, 5.41) is 7.67. The van der Waals surface area contributed by atoms with E-state index in [9.17, 15) is 18.0 Å². The number of benzene rings is 1. The summed E-state index contributed by atoms with van der Waals surface area (Å²) in [5.74, 6) is 0.480. The number of aromatic nitrogens is 4. The van der Waals surface area contributed by atoms with Gasteiger partial charge in [0.05, 0.1) is 17.0 Å². The molecular formula is C19H18F3N5OS. The van der Waals surface area contributed by atoms with Gasteiger partial charge in [0.2, 0.25) is 5.91 Å². The average molecular weight is 421 g/mol. The number of hydrogen-bond donors (Lipinski definition) is 1. The van der Waals surface area contributed by atoms with Crippen molar-refractivity contribution in [2.24, 2.45) is 0 Å². The molecule has 0 aliphatic rings. The summed E-state index contributed by atoms with van der Waals surface area (Å²) in [7, 11) is 0. The lowest BCUT2D eigenvalue weighted by atomic mass is 10.1. The van der Waals surface area contributed by atoms with Crippen molar-refractivity contribution in [3.8, 4) is 5.82 Å². The van der Waals surface area contributed by atoms with E-state index in [1.54, 1.807) is 10.7 Å². The van der Waals surface area contributed by atoms with Crippen LogP contribution in [0.5, 0.6) is 0 Å². The molecule has 29 heavy (non-hydrogen) atoms. The summed E-state index contributed by atoms with van der Waals surface area (Å²) in [4.78, 5) is 20.4. The Labute approximate surface area is 169 Å². The molecule has 1 aromatic carbocycles. The van der Waals surface area contributed by atoms with Crippen LogP contribution in [0.15, 0.2) is 47.8 Å². The number of hydrogen-bond acceptors (Lipinski definition) is 5. The van der Waals surface area contributed by atoms with Gasteiger partial charge < -0.3 is 5.32 Å². The third-order valence-corrected chi connectivity index (χ3v) is 4.90. The highest BCUT2D eigenvalue weighted by Crippen LogP contribution is 2.29. The molecule has 152 valence electrons. The topological polar surface area (TPSA) is 72.7 Å². The smallest absolute Gasteiger partial charge is 0.351 e. The van der Waals surface area contributed by atoms with Gasteiger partial charge in [-0.05, 0) is 37.6 Å². The molecule has 0 saturated carbocycles. The van der Waals surface area contributed by atoms with Gasteiger partial charge in [-0.2, -0.15) is 18.3 Å². The van der Waals surface area contributed by atoms with Crippen LogP contribution in [-0.4, -0.2) is 31.4 Å². The van der Waals surface area contributed by atoms with Crippen molar-refractivity contribution >= 4 is 17.7 Å². The minimum absolute atomic E-state index is 0.119. The van der Waals surface area contributed by atoms with Crippen LogP contribution in [0.3, 0.4) is 0 Å². The van der Waals surface area contributed by atoms with Crippen molar-refractivity contribution < 1.29 is 18.0 Å². The van der Waals surface area contributed by atoms with Gasteiger partial charge in [-0.3, -0.25) is 4.79 Å². The first-order chi connectivity index (χ1) is 13.7. The van der Waals surface area contributed by atoms with E-state index in [1.165, 1.54) is 30.2 Å². The maximum absolute atomic E-state index is 12.6. The largest absolute Gasteiger partial charge is 0.416 e. The number of aryl methyl sites for hydroxylation is 2. The van der Waals surface area contributed by atoms with E-state index >= 15 is 0 Å². The highest BCUT2D eigenvalue weighted by molar-refractivity contribution is 7.99. The van der Waals surface area contributed by atoms with Crippen molar-refractivity contribution in [3.63, 3.8) is 0 Å². The predicted octanol–water partition coefficient (Wildman–Crippen LogP) is 3.71. The minimum atomic E-state index is -4.37. The SMILES string of the molecule is Cc1cc(C)n(-c2cc(SCC(=O)NCc3ccc(C(F)(F)F)cc3)ncn2)n1. The van der Waals surface area contributed by atoms with E-state index < -0.39 is 11.7 Å². The van der Waals surface area contributed by atoms with E-state index in [-0.39, 0.29) is 18.2 Å². The standard InChI is InChI=1S/C19H18F3N5OS/c1-12-7-13(2)27(26-12)16-8-18(25-11-24-16)29-10-17(28)23-9-14-3-5-15(6-4-14)19(20,21)22/h3-8,11H,9-10H2,1-2H3,(H,23,28). The van der Waals surface area contributed by atoms with Gasteiger partial charge in [0.1, 0.15) is 11.4 Å². The van der Waals surface area contributed by atoms with Crippen LogP contribution in [0.2, 0.25) is 0 Å². The monoisotopic (exact) mass is 421 g/mol. The third kappa shape index (κ3) is 5.57. The predicted molar refractivity (Wildman–Crippen MR) is 103 cm³/mol. The van der Waals surface area contributed by atoms with E-state index in [0.717, 1.165) is 23.5 Å². The van der Waals surface area contributed by atoms with Gasteiger partial charge in [0, 0.05) is 18.3 Å². The number of halogens is 3. The Morgan fingerprint density at radius 3 is 2.48 bits per heavy atom. The lowest BCUT2D eigenvalue weighted by molar-refractivity contribution is -0.137. The molecule has 0 spiro atoms. The lowest BCUT2D eigenvalue weighted by Crippen LogP contribution is -2.24. The molecule has 0 atom stereocenters. The molecule has 2 aromatic heterocycles. The second-order valence-corrected chi connectivity index (χ2v) is 7.31. The molecule has 0 radical (unpaired) electrons. The number of amides is 1. The molecule has 3 aromatic rings. The maximum Gasteiger partial charge on any atom is 0.416 e. The van der Waals surface area contributed by atoms with Crippen LogP contribution >= 0.6 is 11.8 Å². The molecule has 0 aliphatic carbocycles. The lowest BCUT2D eigenvalue weighted by Gasteiger charge is -2.09. The molecule has 2 heterocycles. The molecule has 1 N–H and O–H groups in total. The van der Waals surface area contributed by atoms with Crippen LogP contribution < -0.4 is 5.32 Å². The molecule has 0 unspecified atom stereocenters. The summed E-state index contributed by atoms with van der Waals surface area (Å²) in [6.07, 6.45) is -2.96. The van der Waals surface area contributed by atoms with Crippen molar-refractivity contribution in [1.29, 1.82) is 0 Å². The van der Waals surface area contributed by atoms with Gasteiger partial charge in [0.15, 0.2) is 5.82 Å². The molecular weight excluding hydrogens is 403 g/mol. The molecule has 0 bridgehead atoms. The van der Waals surface area contributed by atoms with E-state index in [4.69, 9.17) is 0 Å². The zero-order valence-corrected chi connectivity index (χ0v) is 16.5. The molecule has 0 saturated heterocycles. The number of thioether (sulfide) groups is 1. The molecule has 6 nitrogen and oxygen atoms in total. The number of carbonyl (C=O) groups is 1. The van der Waals surface area contributed by atoms with Gasteiger partial charge in [0.25, 0.3) is 0 Å². The van der Waals surface area contributed by atoms with Crippen LogP contribution in [0.1, 0.15) is 22.5 Å². The maximum atomic E-state index is 12.6. The Bertz CT molecular complexity index is 1000. The van der Waals surface area contributed by atoms with Crippen LogP contribution in [0.25, 0.3) is 5.82 Å². The molecule has 0 fully saturated rings. The molecule has 1 amide bonds. The van der Waals surface area contributed by atoms with Crippen molar-refractivity contribution in [2.45, 2.75) is 31.6 Å². The van der Waals surface area contributed by atoms with Crippen LogP contribution in [-0.2, 0) is 17.5 Å². The third-order valence-electron chi connectivity index (χ3n) is 3.98. The van der Waals surface area contributed by atoms with E-state index in [0.29, 0.717) is 16.4 Å². The van der Waals surface area contributed by atoms with E-state index in [2.05, 4.69) is 20.4 Å². The Morgan fingerprint density at radius 1 is 1.14 bits per heavy atom. The summed E-state index contributed by atoms with van der Waals surface area (Å²) >= 11 is 1.24. The first kappa shape index (κ1) is 20.8. The number of carbonyl (C=O) groups excluding carboxylic acids is 1. The Balaban J connectivity index is 1.53. The fraction of sp³-hybridized carbons (Fsp3) is 0.263. The number of alkyl halides is 3. The van der Waals surface area contributed by atoms with Crippen molar-refractivity contribution in [3.05, 3.63) is 65.2 Å². The van der Waals surface area contributed by atoms with Crippen molar-refractivity contribution in [2.75, 3.05) is 5.75 Å². The quantitative estimate of drug-likeness (QED) is 0.485. The molecule has 10 heteroatoms. The van der Waals surface area contributed by atoms with Gasteiger partial charge in [-0.15, -0.1) is 0 Å². The number of nitrogens with zero attached hydrogens (tertiary/aromatic N) is 4. The fourth-order valence-corrected chi connectivity index (χ4v) is 3.28. The first-order valence-corrected chi connectivity index (χ1v) is 9.62. The molecule has 3 rings (SSSR count). The first-order valence-electron chi connectivity index (χ1n) is 8.64. The normalized spacial score (nSPS) is 11.5. The van der Waals surface area contributed by atoms with Gasteiger partial charge in [-0.25, -0.2) is 14.6 Å².